The van der Waals surface area contributed by atoms with Crippen LogP contribution < -0.4 is 0 Å². The van der Waals surface area contributed by atoms with Crippen LogP contribution >= 0.6 is 22.6 Å². The van der Waals surface area contributed by atoms with Crippen LogP contribution in [0.1, 0.15) is 17.5 Å². The number of hydrogen-bond acceptors (Lipinski definition) is 4. The molecule has 1 aromatic carbocycles. The van der Waals surface area contributed by atoms with Crippen LogP contribution in [-0.4, -0.2) is 25.3 Å². The Labute approximate surface area is 107 Å². The lowest BCUT2D eigenvalue weighted by Crippen LogP contribution is -2.03. The van der Waals surface area contributed by atoms with E-state index in [-0.39, 0.29) is 0 Å². The number of hydrogen-bond donors (Lipinski definition) is 1. The predicted octanol–water partition coefficient (Wildman–Crippen LogP) is 1.09. The molecule has 0 bridgehead atoms. The molecule has 5 nitrogen and oxygen atoms in total. The number of aliphatic hydroxyl groups excluding tert-OH is 1. The highest BCUT2D eigenvalue weighted by Gasteiger charge is 2.11. The van der Waals surface area contributed by atoms with Crippen molar-refractivity contribution in [3.63, 3.8) is 0 Å². The average Bonchev–Trinajstić information content (AvgIpc) is 2.65. The van der Waals surface area contributed by atoms with Crippen LogP contribution in [0.25, 0.3) is 0 Å². The topological polar surface area (TPSA) is 63.8 Å². The van der Waals surface area contributed by atoms with Gasteiger partial charge in [-0.05, 0) is 45.5 Å². The third kappa shape index (κ3) is 2.76. The highest BCUT2D eigenvalue weighted by Crippen LogP contribution is 2.17. The van der Waals surface area contributed by atoms with Gasteiger partial charge in [-0.25, -0.2) is 0 Å². The summed E-state index contributed by atoms with van der Waals surface area (Å²) in [5.74, 6) is 0.550. The third-order valence-corrected chi connectivity index (χ3v) is 2.90. The summed E-state index contributed by atoms with van der Waals surface area (Å²) < 4.78 is 1.14. The molecule has 2 aromatic rings. The number of aliphatic hydroxyl groups is 1. The standard InChI is InChI=1S/C10H11IN4O/c1-15-13-10(12-14-15)6-9(16)7-2-4-8(11)5-3-7/h2-5,9,16H,6H2,1H3. The average molecular weight is 330 g/mol. The Balaban J connectivity index is 2.08. The summed E-state index contributed by atoms with van der Waals surface area (Å²) in [5.41, 5.74) is 0.868. The Morgan fingerprint density at radius 2 is 2.06 bits per heavy atom. The molecule has 1 unspecified atom stereocenters. The normalized spacial score (nSPS) is 12.7. The van der Waals surface area contributed by atoms with Gasteiger partial charge in [0.1, 0.15) is 0 Å². The molecule has 0 radical (unpaired) electrons. The van der Waals surface area contributed by atoms with Crippen molar-refractivity contribution in [1.82, 2.24) is 20.2 Å². The van der Waals surface area contributed by atoms with Crippen LogP contribution in [0.3, 0.4) is 0 Å². The van der Waals surface area contributed by atoms with Gasteiger partial charge >= 0.3 is 0 Å². The molecule has 2 rings (SSSR count). The first-order valence-electron chi connectivity index (χ1n) is 4.81. The Morgan fingerprint density at radius 1 is 1.38 bits per heavy atom. The maximum absolute atomic E-state index is 9.95. The van der Waals surface area contributed by atoms with Crippen LogP contribution in [0.15, 0.2) is 24.3 Å². The van der Waals surface area contributed by atoms with Gasteiger partial charge in [0.25, 0.3) is 0 Å². The minimum atomic E-state index is -0.582. The number of aryl methyl sites for hydroxylation is 1. The molecule has 0 spiro atoms. The summed E-state index contributed by atoms with van der Waals surface area (Å²) >= 11 is 2.23. The molecule has 0 aliphatic rings. The molecule has 0 aliphatic carbocycles. The van der Waals surface area contributed by atoms with Gasteiger partial charge < -0.3 is 5.11 Å². The van der Waals surface area contributed by atoms with E-state index in [0.717, 1.165) is 9.13 Å². The molecule has 1 heterocycles. The Hall–Kier alpha value is -1.02. The fourth-order valence-corrected chi connectivity index (χ4v) is 1.74. The van der Waals surface area contributed by atoms with Gasteiger partial charge in [-0.15, -0.1) is 10.2 Å². The van der Waals surface area contributed by atoms with Gasteiger partial charge in [-0.2, -0.15) is 4.80 Å². The summed E-state index contributed by atoms with van der Waals surface area (Å²) in [7, 11) is 1.70. The number of rotatable bonds is 3. The van der Waals surface area contributed by atoms with Crippen molar-refractivity contribution in [2.75, 3.05) is 0 Å². The number of benzene rings is 1. The molecule has 0 fully saturated rings. The number of nitrogens with zero attached hydrogens (tertiary/aromatic N) is 4. The van der Waals surface area contributed by atoms with Crippen molar-refractivity contribution >= 4 is 22.6 Å². The van der Waals surface area contributed by atoms with Gasteiger partial charge in [0.05, 0.1) is 13.2 Å². The van der Waals surface area contributed by atoms with Crippen LogP contribution in [0, 0.1) is 3.57 Å². The minimum Gasteiger partial charge on any atom is -0.388 e. The molecule has 6 heteroatoms. The lowest BCUT2D eigenvalue weighted by atomic mass is 10.1. The molecule has 0 saturated carbocycles. The van der Waals surface area contributed by atoms with Crippen LogP contribution in [0.4, 0.5) is 0 Å². The van der Waals surface area contributed by atoms with E-state index in [1.165, 1.54) is 4.80 Å². The second-order valence-corrected chi connectivity index (χ2v) is 4.71. The van der Waals surface area contributed by atoms with Crippen molar-refractivity contribution in [3.05, 3.63) is 39.2 Å². The van der Waals surface area contributed by atoms with Crippen molar-refractivity contribution in [2.24, 2.45) is 7.05 Å². The maximum atomic E-state index is 9.95. The van der Waals surface area contributed by atoms with E-state index in [2.05, 4.69) is 38.0 Å². The maximum Gasteiger partial charge on any atom is 0.177 e. The second-order valence-electron chi connectivity index (χ2n) is 3.47. The van der Waals surface area contributed by atoms with Crippen LogP contribution in [-0.2, 0) is 13.5 Å². The summed E-state index contributed by atoms with van der Waals surface area (Å²) in [6.45, 7) is 0. The third-order valence-electron chi connectivity index (χ3n) is 2.18. The largest absolute Gasteiger partial charge is 0.388 e. The van der Waals surface area contributed by atoms with Gasteiger partial charge in [-0.1, -0.05) is 12.1 Å². The van der Waals surface area contributed by atoms with E-state index in [0.29, 0.717) is 12.2 Å². The van der Waals surface area contributed by atoms with E-state index in [1.807, 2.05) is 24.3 Å². The van der Waals surface area contributed by atoms with Gasteiger partial charge in [0, 0.05) is 9.99 Å². The zero-order valence-corrected chi connectivity index (χ0v) is 10.9. The van der Waals surface area contributed by atoms with Crippen LogP contribution in [0.2, 0.25) is 0 Å². The second kappa shape index (κ2) is 4.88. The summed E-state index contributed by atoms with van der Waals surface area (Å²) in [6.07, 6.45) is -0.199. The van der Waals surface area contributed by atoms with E-state index >= 15 is 0 Å². The van der Waals surface area contributed by atoms with Crippen molar-refractivity contribution < 1.29 is 5.11 Å². The molecule has 1 aromatic heterocycles. The predicted molar refractivity (Wildman–Crippen MR) is 66.6 cm³/mol. The molecule has 0 amide bonds. The fraction of sp³-hybridized carbons (Fsp3) is 0.300. The monoisotopic (exact) mass is 330 g/mol. The zero-order chi connectivity index (χ0) is 11.5. The molecule has 0 aliphatic heterocycles. The van der Waals surface area contributed by atoms with Crippen molar-refractivity contribution in [1.29, 1.82) is 0 Å². The Kier molecular flexibility index (Phi) is 3.49. The molecule has 1 N–H and O–H groups in total. The number of aromatic nitrogens is 4. The minimum absolute atomic E-state index is 0.383. The lowest BCUT2D eigenvalue weighted by Gasteiger charge is -2.08. The summed E-state index contributed by atoms with van der Waals surface area (Å²) in [4.78, 5) is 1.38. The van der Waals surface area contributed by atoms with Gasteiger partial charge in [-0.3, -0.25) is 0 Å². The smallest absolute Gasteiger partial charge is 0.177 e. The Bertz CT molecular complexity index is 468. The first-order chi connectivity index (χ1) is 7.65. The fourth-order valence-electron chi connectivity index (χ4n) is 1.38. The van der Waals surface area contributed by atoms with Crippen LogP contribution in [0.5, 0.6) is 0 Å². The van der Waals surface area contributed by atoms with Gasteiger partial charge in [0.15, 0.2) is 5.82 Å². The highest BCUT2D eigenvalue weighted by atomic mass is 127. The van der Waals surface area contributed by atoms with Crippen molar-refractivity contribution in [3.8, 4) is 0 Å². The number of tetrazole rings is 1. The molecule has 84 valence electrons. The first-order valence-corrected chi connectivity index (χ1v) is 5.89. The zero-order valence-electron chi connectivity index (χ0n) is 8.71. The Morgan fingerprint density at radius 3 is 2.62 bits per heavy atom. The summed E-state index contributed by atoms with van der Waals surface area (Å²) in [6, 6.07) is 7.73. The molecule has 1 atom stereocenters. The van der Waals surface area contributed by atoms with E-state index < -0.39 is 6.10 Å². The van der Waals surface area contributed by atoms with Gasteiger partial charge in [0.2, 0.25) is 0 Å². The van der Waals surface area contributed by atoms with E-state index in [4.69, 9.17) is 0 Å². The molecular weight excluding hydrogens is 319 g/mol. The summed E-state index contributed by atoms with van der Waals surface area (Å²) in [5, 5.41) is 21.5. The first kappa shape index (κ1) is 11.5. The highest BCUT2D eigenvalue weighted by molar-refractivity contribution is 14.1. The molecular formula is C10H11IN4O. The SMILES string of the molecule is Cn1nnc(CC(O)c2ccc(I)cc2)n1. The lowest BCUT2D eigenvalue weighted by molar-refractivity contribution is 0.175. The quantitative estimate of drug-likeness (QED) is 0.856. The van der Waals surface area contributed by atoms with Crippen molar-refractivity contribution in [2.45, 2.75) is 12.5 Å². The van der Waals surface area contributed by atoms with E-state index in [9.17, 15) is 5.11 Å². The molecule has 0 saturated heterocycles. The molecule has 16 heavy (non-hydrogen) atoms. The van der Waals surface area contributed by atoms with E-state index in [1.54, 1.807) is 7.05 Å². The number of halogens is 1.